The van der Waals surface area contributed by atoms with E-state index in [9.17, 15) is 4.79 Å². The first kappa shape index (κ1) is 17.2. The maximum absolute atomic E-state index is 12.0. The number of benzene rings is 1. The summed E-state index contributed by atoms with van der Waals surface area (Å²) in [6, 6.07) is 5.72. The zero-order valence-electron chi connectivity index (χ0n) is 14.0. The molecule has 0 aliphatic heterocycles. The first-order valence-corrected chi connectivity index (χ1v) is 8.00. The van der Waals surface area contributed by atoms with E-state index >= 15 is 0 Å². The van der Waals surface area contributed by atoms with Crippen molar-refractivity contribution in [1.82, 2.24) is 10.2 Å². The molecule has 0 fully saturated rings. The minimum absolute atomic E-state index is 0.0775. The average molecular weight is 335 g/mol. The summed E-state index contributed by atoms with van der Waals surface area (Å²) in [6.45, 7) is 5.57. The van der Waals surface area contributed by atoms with E-state index in [1.807, 2.05) is 39.0 Å². The molecule has 7 heteroatoms. The number of aromatic nitrogens is 2. The molecule has 6 nitrogen and oxygen atoms in total. The summed E-state index contributed by atoms with van der Waals surface area (Å²) < 4.78 is 10.5. The van der Waals surface area contributed by atoms with Crippen LogP contribution in [-0.2, 0) is 11.2 Å². The fraction of sp³-hybridized carbons (Fsp3) is 0.438. The molecule has 0 unspecified atom stereocenters. The predicted molar refractivity (Wildman–Crippen MR) is 90.3 cm³/mol. The summed E-state index contributed by atoms with van der Waals surface area (Å²) in [6.07, 6.45) is 0.614. The second kappa shape index (κ2) is 6.95. The smallest absolute Gasteiger partial charge is 0.231 e. The fourth-order valence-electron chi connectivity index (χ4n) is 1.83. The van der Waals surface area contributed by atoms with E-state index in [1.165, 1.54) is 11.3 Å². The van der Waals surface area contributed by atoms with Gasteiger partial charge in [-0.25, -0.2) is 0 Å². The monoisotopic (exact) mass is 335 g/mol. The van der Waals surface area contributed by atoms with Gasteiger partial charge in [0.2, 0.25) is 11.0 Å². The van der Waals surface area contributed by atoms with Crippen LogP contribution in [0.4, 0.5) is 5.13 Å². The molecule has 0 radical (unpaired) electrons. The molecule has 0 bridgehead atoms. The summed E-state index contributed by atoms with van der Waals surface area (Å²) in [5.74, 6) is 1.29. The van der Waals surface area contributed by atoms with Crippen molar-refractivity contribution in [1.29, 1.82) is 0 Å². The lowest BCUT2D eigenvalue weighted by molar-refractivity contribution is -0.123. The number of hydrogen-bond acceptors (Lipinski definition) is 6. The molecule has 1 amide bonds. The van der Waals surface area contributed by atoms with Gasteiger partial charge in [-0.2, -0.15) is 0 Å². The molecular weight excluding hydrogens is 314 g/mol. The van der Waals surface area contributed by atoms with Gasteiger partial charge in [-0.15, -0.1) is 10.2 Å². The van der Waals surface area contributed by atoms with Gasteiger partial charge >= 0.3 is 0 Å². The van der Waals surface area contributed by atoms with Crippen molar-refractivity contribution in [2.75, 3.05) is 19.5 Å². The van der Waals surface area contributed by atoms with Crippen molar-refractivity contribution in [3.8, 4) is 11.5 Å². The van der Waals surface area contributed by atoms with Gasteiger partial charge in [-0.3, -0.25) is 4.79 Å². The van der Waals surface area contributed by atoms with Crippen molar-refractivity contribution < 1.29 is 14.3 Å². The molecule has 0 aliphatic carbocycles. The molecular formula is C16H21N3O3S. The molecule has 0 spiro atoms. The molecule has 1 aromatic carbocycles. The minimum Gasteiger partial charge on any atom is -0.493 e. The van der Waals surface area contributed by atoms with E-state index in [1.54, 1.807) is 14.2 Å². The number of rotatable bonds is 5. The Bertz CT molecular complexity index is 692. The largest absolute Gasteiger partial charge is 0.493 e. The molecule has 0 aliphatic rings. The number of anilines is 1. The average Bonchev–Trinajstić information content (AvgIpc) is 2.93. The summed E-state index contributed by atoms with van der Waals surface area (Å²) in [7, 11) is 3.21. The zero-order valence-corrected chi connectivity index (χ0v) is 14.8. The van der Waals surface area contributed by atoms with Crippen LogP contribution in [0.3, 0.4) is 0 Å². The number of amides is 1. The third kappa shape index (κ3) is 4.41. The zero-order chi connectivity index (χ0) is 17.0. The number of carbonyl (C=O) groups excluding carboxylic acids is 1. The number of hydrogen-bond donors (Lipinski definition) is 1. The van der Waals surface area contributed by atoms with Crippen LogP contribution in [0.2, 0.25) is 0 Å². The highest BCUT2D eigenvalue weighted by atomic mass is 32.1. The van der Waals surface area contributed by atoms with Gasteiger partial charge in [0.15, 0.2) is 11.5 Å². The third-order valence-electron chi connectivity index (χ3n) is 3.17. The molecule has 2 aromatic rings. The van der Waals surface area contributed by atoms with E-state index in [0.29, 0.717) is 23.1 Å². The van der Waals surface area contributed by atoms with Crippen molar-refractivity contribution in [3.05, 3.63) is 28.8 Å². The van der Waals surface area contributed by atoms with Crippen LogP contribution < -0.4 is 14.8 Å². The van der Waals surface area contributed by atoms with Crippen molar-refractivity contribution in [2.24, 2.45) is 5.41 Å². The quantitative estimate of drug-likeness (QED) is 0.909. The molecule has 0 saturated carbocycles. The number of carbonyl (C=O) groups is 1. The Balaban J connectivity index is 2.09. The Morgan fingerprint density at radius 1 is 1.17 bits per heavy atom. The Kier molecular flexibility index (Phi) is 5.20. The SMILES string of the molecule is COc1ccc(Cc2nnc(NC(=O)C(C)(C)C)s2)cc1OC. The summed E-state index contributed by atoms with van der Waals surface area (Å²) in [5.41, 5.74) is 0.572. The number of nitrogens with one attached hydrogen (secondary N) is 1. The van der Waals surface area contributed by atoms with Crippen molar-refractivity contribution in [2.45, 2.75) is 27.2 Å². The molecule has 2 rings (SSSR count). The number of nitrogens with zero attached hydrogens (tertiary/aromatic N) is 2. The van der Waals surface area contributed by atoms with E-state index in [-0.39, 0.29) is 5.91 Å². The molecule has 23 heavy (non-hydrogen) atoms. The topological polar surface area (TPSA) is 73.3 Å². The number of ether oxygens (including phenoxy) is 2. The van der Waals surface area contributed by atoms with E-state index in [0.717, 1.165) is 10.6 Å². The molecule has 124 valence electrons. The van der Waals surface area contributed by atoms with E-state index in [4.69, 9.17) is 9.47 Å². The second-order valence-electron chi connectivity index (χ2n) is 6.07. The molecule has 1 N–H and O–H groups in total. The van der Waals surface area contributed by atoms with Gasteiger partial charge in [-0.1, -0.05) is 38.2 Å². The normalized spacial score (nSPS) is 11.2. The van der Waals surface area contributed by atoms with Gasteiger partial charge < -0.3 is 14.8 Å². The fourth-order valence-corrected chi connectivity index (χ4v) is 2.59. The lowest BCUT2D eigenvalue weighted by atomic mass is 9.96. The van der Waals surface area contributed by atoms with Gasteiger partial charge in [0, 0.05) is 11.8 Å². The Labute approximate surface area is 139 Å². The summed E-state index contributed by atoms with van der Waals surface area (Å²) >= 11 is 1.37. The third-order valence-corrected chi connectivity index (χ3v) is 4.01. The predicted octanol–water partition coefficient (Wildman–Crippen LogP) is 3.13. The molecule has 0 saturated heterocycles. The molecule has 0 atom stereocenters. The van der Waals surface area contributed by atoms with Crippen molar-refractivity contribution >= 4 is 22.4 Å². The molecule has 1 aromatic heterocycles. The maximum Gasteiger partial charge on any atom is 0.231 e. The standard InChI is InChI=1S/C16H21N3O3S/c1-16(2,3)14(20)17-15-19-18-13(23-15)9-10-6-7-11(21-4)12(8-10)22-5/h6-8H,9H2,1-5H3,(H,17,19,20). The van der Waals surface area contributed by atoms with Crippen LogP contribution in [0.5, 0.6) is 11.5 Å². The highest BCUT2D eigenvalue weighted by Gasteiger charge is 2.22. The minimum atomic E-state index is -0.463. The highest BCUT2D eigenvalue weighted by molar-refractivity contribution is 7.15. The Hall–Kier alpha value is -2.15. The van der Waals surface area contributed by atoms with Crippen LogP contribution in [0.25, 0.3) is 0 Å². The van der Waals surface area contributed by atoms with E-state index < -0.39 is 5.41 Å². The van der Waals surface area contributed by atoms with Crippen LogP contribution in [0, 0.1) is 5.41 Å². The first-order valence-electron chi connectivity index (χ1n) is 7.18. The van der Waals surface area contributed by atoms with Gasteiger partial charge in [0.25, 0.3) is 0 Å². The maximum atomic E-state index is 12.0. The van der Waals surface area contributed by atoms with Gasteiger partial charge in [0.1, 0.15) is 5.01 Å². The highest BCUT2D eigenvalue weighted by Crippen LogP contribution is 2.29. The Morgan fingerprint density at radius 2 is 1.87 bits per heavy atom. The van der Waals surface area contributed by atoms with Gasteiger partial charge in [0.05, 0.1) is 14.2 Å². The second-order valence-corrected chi connectivity index (χ2v) is 7.13. The van der Waals surface area contributed by atoms with Crippen LogP contribution in [0.1, 0.15) is 31.3 Å². The van der Waals surface area contributed by atoms with E-state index in [2.05, 4.69) is 15.5 Å². The van der Waals surface area contributed by atoms with Crippen LogP contribution in [-0.4, -0.2) is 30.3 Å². The van der Waals surface area contributed by atoms with Crippen LogP contribution >= 0.6 is 11.3 Å². The van der Waals surface area contributed by atoms with Crippen LogP contribution in [0.15, 0.2) is 18.2 Å². The summed E-state index contributed by atoms with van der Waals surface area (Å²) in [4.78, 5) is 12.0. The lowest BCUT2D eigenvalue weighted by Gasteiger charge is -2.15. The Morgan fingerprint density at radius 3 is 2.48 bits per heavy atom. The lowest BCUT2D eigenvalue weighted by Crippen LogP contribution is -2.27. The first-order chi connectivity index (χ1) is 10.8. The summed E-state index contributed by atoms with van der Waals surface area (Å²) in [5, 5.41) is 12.3. The number of methoxy groups -OCH3 is 2. The van der Waals surface area contributed by atoms with Gasteiger partial charge in [-0.05, 0) is 17.7 Å². The van der Waals surface area contributed by atoms with Crippen molar-refractivity contribution in [3.63, 3.8) is 0 Å². The molecule has 1 heterocycles.